The Morgan fingerprint density at radius 1 is 1.32 bits per heavy atom. The summed E-state index contributed by atoms with van der Waals surface area (Å²) in [6.45, 7) is 3.58. The topological polar surface area (TPSA) is 97.2 Å². The SMILES string of the molecule is CCOc1cc(/C=C2\SC(=Nc3cc(Cl)ccc3C)NC2=O)cc(Br)c1OCC(=O)O. The molecule has 3 rings (SSSR count). The molecular formula is C21H18BrClN2O5S. The van der Waals surface area contributed by atoms with E-state index in [0.717, 1.165) is 5.56 Å². The van der Waals surface area contributed by atoms with Crippen molar-refractivity contribution in [2.75, 3.05) is 13.2 Å². The van der Waals surface area contributed by atoms with Crippen LogP contribution in [0.4, 0.5) is 5.69 Å². The molecule has 1 aliphatic rings. The highest BCUT2D eigenvalue weighted by Crippen LogP contribution is 2.38. The predicted molar refractivity (Wildman–Crippen MR) is 125 cm³/mol. The van der Waals surface area contributed by atoms with Gasteiger partial charge in [0.15, 0.2) is 23.3 Å². The van der Waals surface area contributed by atoms with Gasteiger partial charge in [0.25, 0.3) is 5.91 Å². The number of nitrogens with zero attached hydrogens (tertiary/aromatic N) is 1. The van der Waals surface area contributed by atoms with Gasteiger partial charge in [-0.1, -0.05) is 17.7 Å². The molecule has 0 aromatic heterocycles. The normalized spacial score (nSPS) is 15.9. The van der Waals surface area contributed by atoms with Crippen molar-refractivity contribution in [3.63, 3.8) is 0 Å². The number of hydrogen-bond acceptors (Lipinski definition) is 6. The number of carbonyl (C=O) groups is 2. The zero-order valence-corrected chi connectivity index (χ0v) is 19.7. The Kier molecular flexibility index (Phi) is 7.64. The molecule has 31 heavy (non-hydrogen) atoms. The fourth-order valence-electron chi connectivity index (χ4n) is 2.65. The van der Waals surface area contributed by atoms with Crippen molar-refractivity contribution in [2.24, 2.45) is 4.99 Å². The maximum absolute atomic E-state index is 12.4. The first-order valence-corrected chi connectivity index (χ1v) is 11.1. The van der Waals surface area contributed by atoms with Crippen molar-refractivity contribution in [3.8, 4) is 11.5 Å². The number of nitrogens with one attached hydrogen (secondary N) is 1. The molecule has 0 spiro atoms. The van der Waals surface area contributed by atoms with Crippen LogP contribution in [0.2, 0.25) is 5.02 Å². The van der Waals surface area contributed by atoms with E-state index in [4.69, 9.17) is 26.2 Å². The van der Waals surface area contributed by atoms with Gasteiger partial charge in [0, 0.05) is 5.02 Å². The average Bonchev–Trinajstić information content (AvgIpc) is 3.03. The monoisotopic (exact) mass is 524 g/mol. The molecule has 0 atom stereocenters. The van der Waals surface area contributed by atoms with Crippen molar-refractivity contribution in [2.45, 2.75) is 13.8 Å². The lowest BCUT2D eigenvalue weighted by molar-refractivity contribution is -0.139. The second kappa shape index (κ2) is 10.2. The van der Waals surface area contributed by atoms with Crippen LogP contribution in [-0.2, 0) is 9.59 Å². The molecule has 0 bridgehead atoms. The highest BCUT2D eigenvalue weighted by atomic mass is 79.9. The summed E-state index contributed by atoms with van der Waals surface area (Å²) in [6.07, 6.45) is 1.70. The molecule has 2 N–H and O–H groups in total. The third kappa shape index (κ3) is 6.03. The summed E-state index contributed by atoms with van der Waals surface area (Å²) >= 11 is 10.6. The Hall–Kier alpha value is -2.49. The van der Waals surface area contributed by atoms with Gasteiger partial charge in [0.05, 0.1) is 21.7 Å². The first-order chi connectivity index (χ1) is 14.8. The van der Waals surface area contributed by atoms with Gasteiger partial charge in [-0.3, -0.25) is 4.79 Å². The van der Waals surface area contributed by atoms with E-state index in [-0.39, 0.29) is 11.7 Å². The Labute approximate surface area is 196 Å². The lowest BCUT2D eigenvalue weighted by Crippen LogP contribution is -2.19. The van der Waals surface area contributed by atoms with E-state index in [0.29, 0.717) is 43.2 Å². The van der Waals surface area contributed by atoms with E-state index in [1.54, 1.807) is 37.3 Å². The van der Waals surface area contributed by atoms with Crippen molar-refractivity contribution in [1.29, 1.82) is 0 Å². The maximum Gasteiger partial charge on any atom is 0.341 e. The summed E-state index contributed by atoms with van der Waals surface area (Å²) in [5.74, 6) is -0.713. The molecule has 162 valence electrons. The zero-order valence-electron chi connectivity index (χ0n) is 16.6. The molecular weight excluding hydrogens is 508 g/mol. The van der Waals surface area contributed by atoms with Gasteiger partial charge < -0.3 is 19.9 Å². The summed E-state index contributed by atoms with van der Waals surface area (Å²) in [6, 6.07) is 8.78. The number of hydrogen-bond donors (Lipinski definition) is 2. The van der Waals surface area contributed by atoms with Gasteiger partial charge in [0.2, 0.25) is 0 Å². The number of aliphatic imine (C=N–C) groups is 1. The molecule has 1 heterocycles. The Morgan fingerprint density at radius 3 is 2.81 bits per heavy atom. The van der Waals surface area contributed by atoms with Crippen LogP contribution >= 0.6 is 39.3 Å². The number of carboxylic acid groups (broad SMARTS) is 1. The molecule has 10 heteroatoms. The maximum atomic E-state index is 12.4. The number of ether oxygens (including phenoxy) is 2. The van der Waals surface area contributed by atoms with Crippen LogP contribution in [0, 0.1) is 6.92 Å². The molecule has 2 aromatic carbocycles. The van der Waals surface area contributed by atoms with Crippen molar-refractivity contribution in [1.82, 2.24) is 5.32 Å². The highest BCUT2D eigenvalue weighted by molar-refractivity contribution is 9.10. The zero-order chi connectivity index (χ0) is 22.5. The van der Waals surface area contributed by atoms with Gasteiger partial charge >= 0.3 is 5.97 Å². The van der Waals surface area contributed by atoms with Crippen LogP contribution in [-0.4, -0.2) is 35.4 Å². The third-order valence-electron chi connectivity index (χ3n) is 4.01. The first-order valence-electron chi connectivity index (χ1n) is 9.13. The van der Waals surface area contributed by atoms with E-state index in [9.17, 15) is 9.59 Å². The van der Waals surface area contributed by atoms with Crippen LogP contribution in [0.5, 0.6) is 11.5 Å². The number of amides is 1. The van der Waals surface area contributed by atoms with E-state index < -0.39 is 12.6 Å². The number of thioether (sulfide) groups is 1. The Balaban J connectivity index is 1.88. The van der Waals surface area contributed by atoms with E-state index in [2.05, 4.69) is 26.2 Å². The summed E-state index contributed by atoms with van der Waals surface area (Å²) < 4.78 is 11.4. The van der Waals surface area contributed by atoms with Crippen molar-refractivity contribution in [3.05, 3.63) is 55.9 Å². The number of carbonyl (C=O) groups excluding carboxylic acids is 1. The molecule has 1 amide bonds. The van der Waals surface area contributed by atoms with Crippen LogP contribution in [0.1, 0.15) is 18.1 Å². The average molecular weight is 526 g/mol. The number of aryl methyl sites for hydroxylation is 1. The fourth-order valence-corrected chi connectivity index (χ4v) is 4.23. The number of halogens is 2. The Morgan fingerprint density at radius 2 is 2.10 bits per heavy atom. The van der Waals surface area contributed by atoms with Gasteiger partial charge in [-0.15, -0.1) is 0 Å². The highest BCUT2D eigenvalue weighted by Gasteiger charge is 2.24. The minimum atomic E-state index is -1.10. The van der Waals surface area contributed by atoms with Crippen molar-refractivity contribution >= 4 is 68.1 Å². The van der Waals surface area contributed by atoms with Crippen LogP contribution in [0.3, 0.4) is 0 Å². The lowest BCUT2D eigenvalue weighted by atomic mass is 10.2. The predicted octanol–water partition coefficient (Wildman–Crippen LogP) is 5.16. The summed E-state index contributed by atoms with van der Waals surface area (Å²) in [5, 5.41) is 12.6. The quantitative estimate of drug-likeness (QED) is 0.485. The number of carboxylic acids is 1. The minimum absolute atomic E-state index is 0.274. The summed E-state index contributed by atoms with van der Waals surface area (Å²) in [4.78, 5) is 28.2. The number of aliphatic carboxylic acids is 1. The van der Waals surface area contributed by atoms with E-state index in [1.807, 2.05) is 13.0 Å². The molecule has 1 saturated heterocycles. The number of amidine groups is 1. The van der Waals surface area contributed by atoms with E-state index >= 15 is 0 Å². The lowest BCUT2D eigenvalue weighted by Gasteiger charge is -2.13. The number of rotatable bonds is 7. The second-order valence-electron chi connectivity index (χ2n) is 6.36. The summed E-state index contributed by atoms with van der Waals surface area (Å²) in [7, 11) is 0. The largest absolute Gasteiger partial charge is 0.490 e. The van der Waals surface area contributed by atoms with Crippen molar-refractivity contribution < 1.29 is 24.2 Å². The second-order valence-corrected chi connectivity index (χ2v) is 8.68. The molecule has 2 aromatic rings. The van der Waals surface area contributed by atoms with Crippen LogP contribution < -0.4 is 14.8 Å². The van der Waals surface area contributed by atoms with Gasteiger partial charge in [0.1, 0.15) is 0 Å². The molecule has 0 unspecified atom stereocenters. The Bertz CT molecular complexity index is 1100. The summed E-state index contributed by atoms with van der Waals surface area (Å²) in [5.41, 5.74) is 2.29. The van der Waals surface area contributed by atoms with Gasteiger partial charge in [-0.25, -0.2) is 9.79 Å². The fraction of sp³-hybridized carbons (Fsp3) is 0.190. The van der Waals surface area contributed by atoms with Gasteiger partial charge in [-0.2, -0.15) is 0 Å². The molecule has 1 aliphatic heterocycles. The van der Waals surface area contributed by atoms with Gasteiger partial charge in [-0.05, 0) is 83.0 Å². The third-order valence-corrected chi connectivity index (χ3v) is 5.75. The molecule has 0 radical (unpaired) electrons. The standard InChI is InChI=1S/C21H18BrClN2O5S/c1-3-29-16-7-12(6-14(22)19(16)30-10-18(26)27)8-17-20(28)25-21(31-17)24-15-9-13(23)5-4-11(15)2/h4-9H,3,10H2,1-2H3,(H,26,27)(H,24,25,28)/b17-8-. The van der Waals surface area contributed by atoms with Crippen LogP contribution in [0.25, 0.3) is 6.08 Å². The first kappa shape index (κ1) is 23.2. The smallest absolute Gasteiger partial charge is 0.341 e. The van der Waals surface area contributed by atoms with Crippen LogP contribution in [0.15, 0.2) is 44.7 Å². The minimum Gasteiger partial charge on any atom is -0.490 e. The molecule has 1 fully saturated rings. The molecule has 0 saturated carbocycles. The molecule has 7 nitrogen and oxygen atoms in total. The van der Waals surface area contributed by atoms with E-state index in [1.165, 1.54) is 11.8 Å². The molecule has 0 aliphatic carbocycles. The number of benzene rings is 2.